The van der Waals surface area contributed by atoms with Gasteiger partial charge in [0.25, 0.3) is 5.91 Å². The van der Waals surface area contributed by atoms with Gasteiger partial charge >= 0.3 is 0 Å². The minimum absolute atomic E-state index is 0.0584. The third kappa shape index (κ3) is 3.96. The zero-order valence-electron chi connectivity index (χ0n) is 15.9. The van der Waals surface area contributed by atoms with Gasteiger partial charge in [-0.1, -0.05) is 42.5 Å². The van der Waals surface area contributed by atoms with E-state index in [-0.39, 0.29) is 11.9 Å². The van der Waals surface area contributed by atoms with E-state index in [0.29, 0.717) is 18.0 Å². The third-order valence-electron chi connectivity index (χ3n) is 5.24. The molecular formula is C23H24N4O. The first-order valence-corrected chi connectivity index (χ1v) is 9.53. The maximum absolute atomic E-state index is 12.3. The van der Waals surface area contributed by atoms with E-state index in [1.807, 2.05) is 48.8 Å². The molecule has 2 heterocycles. The van der Waals surface area contributed by atoms with Crippen molar-refractivity contribution in [3.63, 3.8) is 0 Å². The van der Waals surface area contributed by atoms with E-state index in [4.69, 9.17) is 0 Å². The van der Waals surface area contributed by atoms with Gasteiger partial charge < -0.3 is 5.32 Å². The van der Waals surface area contributed by atoms with Crippen molar-refractivity contribution in [1.29, 1.82) is 0 Å². The lowest BCUT2D eigenvalue weighted by Gasteiger charge is -2.21. The lowest BCUT2D eigenvalue weighted by molar-refractivity contribution is 0.0951. The van der Waals surface area contributed by atoms with Gasteiger partial charge in [-0.25, -0.2) is 5.43 Å². The number of carbonyl (C=O) groups excluding carboxylic acids is 1. The Morgan fingerprint density at radius 2 is 2.00 bits per heavy atom. The highest BCUT2D eigenvalue weighted by atomic mass is 16.1. The van der Waals surface area contributed by atoms with Crippen LogP contribution in [0.3, 0.4) is 0 Å². The largest absolute Gasteiger partial charge is 0.348 e. The molecule has 2 unspecified atom stereocenters. The quantitative estimate of drug-likeness (QED) is 0.643. The molecule has 1 aliphatic rings. The monoisotopic (exact) mass is 372 g/mol. The van der Waals surface area contributed by atoms with Crippen molar-refractivity contribution < 1.29 is 4.79 Å². The van der Waals surface area contributed by atoms with Gasteiger partial charge in [0, 0.05) is 37.0 Å². The van der Waals surface area contributed by atoms with Crippen LogP contribution in [0.2, 0.25) is 0 Å². The van der Waals surface area contributed by atoms with Gasteiger partial charge in [-0.15, -0.1) is 0 Å². The van der Waals surface area contributed by atoms with Crippen molar-refractivity contribution in [3.05, 3.63) is 101 Å². The fourth-order valence-electron chi connectivity index (χ4n) is 3.77. The van der Waals surface area contributed by atoms with Gasteiger partial charge in [0.1, 0.15) is 0 Å². The second kappa shape index (κ2) is 8.33. The summed E-state index contributed by atoms with van der Waals surface area (Å²) >= 11 is 0. The van der Waals surface area contributed by atoms with E-state index < -0.39 is 0 Å². The highest BCUT2D eigenvalue weighted by Gasteiger charge is 2.30. The molecule has 0 radical (unpaired) electrons. The van der Waals surface area contributed by atoms with Gasteiger partial charge in [-0.2, -0.15) is 0 Å². The zero-order valence-corrected chi connectivity index (χ0v) is 15.9. The smallest absolute Gasteiger partial charge is 0.251 e. The lowest BCUT2D eigenvalue weighted by Crippen LogP contribution is -2.25. The zero-order chi connectivity index (χ0) is 19.3. The summed E-state index contributed by atoms with van der Waals surface area (Å²) in [5.74, 6) is 0.272. The molecule has 0 saturated carbocycles. The van der Waals surface area contributed by atoms with Crippen molar-refractivity contribution in [2.75, 3.05) is 6.54 Å². The fourth-order valence-corrected chi connectivity index (χ4v) is 3.77. The van der Waals surface area contributed by atoms with Crippen LogP contribution < -0.4 is 16.2 Å². The first-order chi connectivity index (χ1) is 13.7. The molecule has 0 bridgehead atoms. The SMILES string of the molecule is Cc1cnccc1C1CNNC1c1cccc(CNC(=O)c2ccccc2)c1. The Kier molecular flexibility index (Phi) is 5.46. The Morgan fingerprint density at radius 3 is 2.82 bits per heavy atom. The molecule has 1 saturated heterocycles. The first-order valence-electron chi connectivity index (χ1n) is 9.53. The Hall–Kier alpha value is -3.02. The van der Waals surface area contributed by atoms with Crippen LogP contribution in [-0.2, 0) is 6.54 Å². The number of carbonyl (C=O) groups is 1. The van der Waals surface area contributed by atoms with Gasteiger partial charge in [-0.05, 0) is 47.4 Å². The standard InChI is InChI=1S/C23H24N4O/c1-16-13-24-11-10-20(16)21-15-26-27-22(21)19-9-5-6-17(12-19)14-25-23(28)18-7-3-2-4-8-18/h2-13,21-22,26-27H,14-15H2,1H3,(H,25,28). The fraction of sp³-hybridized carbons (Fsp3) is 0.217. The summed E-state index contributed by atoms with van der Waals surface area (Å²) in [6.45, 7) is 3.47. The predicted molar refractivity (Wildman–Crippen MR) is 110 cm³/mol. The lowest BCUT2D eigenvalue weighted by atomic mass is 9.86. The van der Waals surface area contributed by atoms with Crippen LogP contribution in [0.4, 0.5) is 0 Å². The van der Waals surface area contributed by atoms with Crippen LogP contribution in [-0.4, -0.2) is 17.4 Å². The summed E-state index contributed by atoms with van der Waals surface area (Å²) in [7, 11) is 0. The number of hydrogen-bond donors (Lipinski definition) is 3. The summed E-state index contributed by atoms with van der Waals surface area (Å²) in [5, 5.41) is 3.00. The molecule has 5 nitrogen and oxygen atoms in total. The molecular weight excluding hydrogens is 348 g/mol. The summed E-state index contributed by atoms with van der Waals surface area (Å²) in [6, 6.07) is 20.0. The number of hydrogen-bond acceptors (Lipinski definition) is 4. The number of amides is 1. The normalized spacial score (nSPS) is 18.8. The second-order valence-corrected chi connectivity index (χ2v) is 7.14. The molecule has 2 atom stereocenters. The average Bonchev–Trinajstić information content (AvgIpc) is 3.23. The molecule has 5 heteroatoms. The third-order valence-corrected chi connectivity index (χ3v) is 5.24. The van der Waals surface area contributed by atoms with E-state index in [0.717, 1.165) is 12.1 Å². The Labute approximate surface area is 165 Å². The van der Waals surface area contributed by atoms with Gasteiger partial charge in [0.05, 0.1) is 6.04 Å². The van der Waals surface area contributed by atoms with E-state index in [2.05, 4.69) is 52.3 Å². The van der Waals surface area contributed by atoms with Crippen molar-refractivity contribution >= 4 is 5.91 Å². The molecule has 28 heavy (non-hydrogen) atoms. The minimum atomic E-state index is -0.0584. The van der Waals surface area contributed by atoms with Crippen LogP contribution >= 0.6 is 0 Å². The minimum Gasteiger partial charge on any atom is -0.348 e. The van der Waals surface area contributed by atoms with Gasteiger partial charge in [0.15, 0.2) is 0 Å². The molecule has 1 aliphatic heterocycles. The van der Waals surface area contributed by atoms with Crippen molar-refractivity contribution in [2.24, 2.45) is 0 Å². The molecule has 0 aliphatic carbocycles. The number of rotatable bonds is 5. The number of hydrazine groups is 1. The van der Waals surface area contributed by atoms with Gasteiger partial charge in [-0.3, -0.25) is 15.2 Å². The van der Waals surface area contributed by atoms with Crippen molar-refractivity contribution in [3.8, 4) is 0 Å². The highest BCUT2D eigenvalue weighted by Crippen LogP contribution is 2.34. The summed E-state index contributed by atoms with van der Waals surface area (Å²) in [6.07, 6.45) is 3.77. The maximum Gasteiger partial charge on any atom is 0.251 e. The number of pyridine rings is 1. The number of benzene rings is 2. The Balaban J connectivity index is 1.49. The van der Waals surface area contributed by atoms with Crippen LogP contribution in [0.1, 0.15) is 44.6 Å². The predicted octanol–water partition coefficient (Wildman–Crippen LogP) is 3.25. The van der Waals surface area contributed by atoms with Crippen LogP contribution in [0, 0.1) is 6.92 Å². The van der Waals surface area contributed by atoms with E-state index in [1.165, 1.54) is 16.7 Å². The molecule has 4 rings (SSSR count). The van der Waals surface area contributed by atoms with E-state index >= 15 is 0 Å². The van der Waals surface area contributed by atoms with Crippen LogP contribution in [0.25, 0.3) is 0 Å². The first kappa shape index (κ1) is 18.3. The Morgan fingerprint density at radius 1 is 1.14 bits per heavy atom. The summed E-state index contributed by atoms with van der Waals surface area (Å²) < 4.78 is 0. The molecule has 142 valence electrons. The molecule has 0 spiro atoms. The van der Waals surface area contributed by atoms with Crippen LogP contribution in [0.5, 0.6) is 0 Å². The maximum atomic E-state index is 12.3. The Bertz CT molecular complexity index is 958. The average molecular weight is 372 g/mol. The van der Waals surface area contributed by atoms with Crippen molar-refractivity contribution in [1.82, 2.24) is 21.2 Å². The number of aryl methyl sites for hydroxylation is 1. The molecule has 3 aromatic rings. The topological polar surface area (TPSA) is 66.1 Å². The van der Waals surface area contributed by atoms with E-state index in [9.17, 15) is 4.79 Å². The summed E-state index contributed by atoms with van der Waals surface area (Å²) in [5.41, 5.74) is 12.2. The number of nitrogens with one attached hydrogen (secondary N) is 3. The van der Waals surface area contributed by atoms with Crippen molar-refractivity contribution in [2.45, 2.75) is 25.4 Å². The summed E-state index contributed by atoms with van der Waals surface area (Å²) in [4.78, 5) is 16.5. The highest BCUT2D eigenvalue weighted by molar-refractivity contribution is 5.94. The van der Waals surface area contributed by atoms with Gasteiger partial charge in [0.2, 0.25) is 0 Å². The second-order valence-electron chi connectivity index (χ2n) is 7.14. The molecule has 3 N–H and O–H groups in total. The van der Waals surface area contributed by atoms with E-state index in [1.54, 1.807) is 0 Å². The molecule has 1 aromatic heterocycles. The number of aromatic nitrogens is 1. The molecule has 1 fully saturated rings. The molecule has 1 amide bonds. The van der Waals surface area contributed by atoms with Crippen LogP contribution in [0.15, 0.2) is 73.1 Å². The molecule has 2 aromatic carbocycles. The number of nitrogens with zero attached hydrogens (tertiary/aromatic N) is 1.